The fourth-order valence-electron chi connectivity index (χ4n) is 4.70. The van der Waals surface area contributed by atoms with Crippen LogP contribution in [0.15, 0.2) is 42.5 Å². The number of ether oxygens (including phenoxy) is 7. The maximum Gasteiger partial charge on any atom is 0.514 e. The number of nitrogens with zero attached hydrogens (tertiary/aromatic N) is 1. The van der Waals surface area contributed by atoms with E-state index in [1.807, 2.05) is 0 Å². The van der Waals surface area contributed by atoms with Crippen LogP contribution in [0.25, 0.3) is 0 Å². The second kappa shape index (κ2) is 16.3. The molecule has 1 aliphatic heterocycles. The summed E-state index contributed by atoms with van der Waals surface area (Å²) in [7, 11) is -1.58. The molecule has 3 rings (SSSR count). The lowest BCUT2D eigenvalue weighted by molar-refractivity contribution is -0.384. The van der Waals surface area contributed by atoms with Gasteiger partial charge in [-0.3, -0.25) is 24.5 Å². The van der Waals surface area contributed by atoms with Gasteiger partial charge in [-0.1, -0.05) is 32.6 Å². The number of Topliss-reactive ketones (excluding diaryl/α,β-unsaturated/α-hetero) is 1. The number of nitro benzene ring substituents is 1. The van der Waals surface area contributed by atoms with Gasteiger partial charge in [-0.05, 0) is 42.8 Å². The Hall–Kier alpha value is -4.83. The Labute approximate surface area is 277 Å². The predicted molar refractivity (Wildman–Crippen MR) is 169 cm³/mol. The lowest BCUT2D eigenvalue weighted by Gasteiger charge is -2.43. The fraction of sp³-hybridized carbons (Fsp3) is 0.469. The third-order valence-corrected chi connectivity index (χ3v) is 8.78. The second-order valence-corrected chi connectivity index (χ2v) is 18.0. The molecule has 0 aliphatic carbocycles. The smallest absolute Gasteiger partial charge is 0.462 e. The van der Waals surface area contributed by atoms with Gasteiger partial charge < -0.3 is 33.2 Å². The van der Waals surface area contributed by atoms with Gasteiger partial charge in [0.25, 0.3) is 5.69 Å². The predicted octanol–water partition coefficient (Wildman–Crippen LogP) is 5.00. The molecule has 0 bridgehead atoms. The Morgan fingerprint density at radius 1 is 0.896 bits per heavy atom. The highest BCUT2D eigenvalue weighted by molar-refractivity contribution is 6.76. The minimum Gasteiger partial charge on any atom is -0.462 e. The number of benzene rings is 2. The number of carbonyl (C=O) groups excluding carboxylic acids is 5. The van der Waals surface area contributed by atoms with Crippen LogP contribution < -0.4 is 9.47 Å². The maximum absolute atomic E-state index is 13.4. The van der Waals surface area contributed by atoms with Crippen molar-refractivity contribution < 1.29 is 62.1 Å². The van der Waals surface area contributed by atoms with E-state index in [2.05, 4.69) is 19.6 Å². The van der Waals surface area contributed by atoms with Gasteiger partial charge in [0.2, 0.25) is 12.4 Å². The molecule has 260 valence electrons. The lowest BCUT2D eigenvalue weighted by atomic mass is 9.88. The van der Waals surface area contributed by atoms with E-state index in [0.717, 1.165) is 19.1 Å². The van der Waals surface area contributed by atoms with Gasteiger partial charge in [0.05, 0.1) is 11.5 Å². The summed E-state index contributed by atoms with van der Waals surface area (Å²) < 4.78 is 38.7. The number of carbonyl (C=O) groups is 5. The van der Waals surface area contributed by atoms with E-state index in [4.69, 9.17) is 33.2 Å². The standard InChI is InChI=1S/C32H39NO14Si/c1-18-27(19(2)34)47-31(29(44-21(4)36)28(18)43-20(3)35)46-26-13-8-22(16-25(26)30(37)41-14-15-48(5,6)7)17-42-32(38)45-24-11-9-23(10-12-24)33(39)40/h8-13,16,18,27-29,31H,14-15,17H2,1-7H3/t18-,27+,28+,29-,31-/m1/s1. The summed E-state index contributed by atoms with van der Waals surface area (Å²) in [6.07, 6.45) is -6.14. The highest BCUT2D eigenvalue weighted by Crippen LogP contribution is 2.34. The van der Waals surface area contributed by atoms with E-state index < -0.39 is 73.4 Å². The van der Waals surface area contributed by atoms with Gasteiger partial charge in [0, 0.05) is 40.0 Å². The summed E-state index contributed by atoms with van der Waals surface area (Å²) in [4.78, 5) is 72.5. The summed E-state index contributed by atoms with van der Waals surface area (Å²) in [5.74, 6) is -3.37. The van der Waals surface area contributed by atoms with Crippen molar-refractivity contribution >= 4 is 43.6 Å². The van der Waals surface area contributed by atoms with Crippen molar-refractivity contribution in [3.8, 4) is 11.5 Å². The zero-order chi connectivity index (χ0) is 35.8. The second-order valence-electron chi connectivity index (χ2n) is 12.3. The molecule has 15 nitrogen and oxygen atoms in total. The van der Waals surface area contributed by atoms with Crippen molar-refractivity contribution in [2.45, 2.75) is 84.6 Å². The molecule has 0 amide bonds. The van der Waals surface area contributed by atoms with Gasteiger partial charge in [-0.15, -0.1) is 0 Å². The molecule has 0 saturated carbocycles. The minimum absolute atomic E-state index is 0.0149. The normalized spacial score (nSPS) is 20.5. The van der Waals surface area contributed by atoms with E-state index in [9.17, 15) is 34.1 Å². The molecule has 2 aromatic rings. The minimum atomic E-state index is -1.58. The van der Waals surface area contributed by atoms with Crippen LogP contribution in [0.5, 0.6) is 11.5 Å². The van der Waals surface area contributed by atoms with E-state index in [1.54, 1.807) is 6.92 Å². The zero-order valence-electron chi connectivity index (χ0n) is 27.7. The van der Waals surface area contributed by atoms with E-state index in [0.29, 0.717) is 11.6 Å². The average Bonchev–Trinajstić information content (AvgIpc) is 2.98. The highest BCUT2D eigenvalue weighted by Gasteiger charge is 2.50. The number of nitro groups is 1. The van der Waals surface area contributed by atoms with Crippen LogP contribution in [-0.2, 0) is 44.7 Å². The molecule has 48 heavy (non-hydrogen) atoms. The van der Waals surface area contributed by atoms with E-state index >= 15 is 0 Å². The molecule has 1 fully saturated rings. The van der Waals surface area contributed by atoms with Crippen molar-refractivity contribution in [1.82, 2.24) is 0 Å². The number of hydrogen-bond acceptors (Lipinski definition) is 14. The number of ketones is 1. The van der Waals surface area contributed by atoms with Crippen LogP contribution in [0.1, 0.15) is 43.6 Å². The van der Waals surface area contributed by atoms with Gasteiger partial charge in [-0.25, -0.2) is 9.59 Å². The Morgan fingerprint density at radius 3 is 2.08 bits per heavy atom. The third-order valence-electron chi connectivity index (χ3n) is 7.07. The van der Waals surface area contributed by atoms with Gasteiger partial charge in [0.1, 0.15) is 29.8 Å². The first-order chi connectivity index (χ1) is 22.4. The van der Waals surface area contributed by atoms with Crippen LogP contribution in [-0.4, -0.2) is 74.1 Å². The molecule has 1 aliphatic rings. The van der Waals surface area contributed by atoms with Crippen LogP contribution in [0.4, 0.5) is 10.5 Å². The molecule has 0 unspecified atom stereocenters. The van der Waals surface area contributed by atoms with E-state index in [-0.39, 0.29) is 36.0 Å². The molecule has 0 spiro atoms. The average molecular weight is 690 g/mol. The first kappa shape index (κ1) is 37.6. The third kappa shape index (κ3) is 10.9. The number of hydrogen-bond donors (Lipinski definition) is 0. The summed E-state index contributed by atoms with van der Waals surface area (Å²) in [6, 6.07) is 9.70. The lowest BCUT2D eigenvalue weighted by Crippen LogP contribution is -2.59. The Morgan fingerprint density at radius 2 is 1.52 bits per heavy atom. The zero-order valence-corrected chi connectivity index (χ0v) is 28.7. The first-order valence-corrected chi connectivity index (χ1v) is 18.7. The molecule has 5 atom stereocenters. The van der Waals surface area contributed by atoms with Gasteiger partial charge in [0.15, 0.2) is 11.9 Å². The number of esters is 3. The van der Waals surface area contributed by atoms with Crippen molar-refractivity contribution in [2.75, 3.05) is 6.61 Å². The van der Waals surface area contributed by atoms with Crippen LogP contribution in [0.3, 0.4) is 0 Å². The fourth-order valence-corrected chi connectivity index (χ4v) is 5.41. The summed E-state index contributed by atoms with van der Waals surface area (Å²) in [5.41, 5.74) is 0.0465. The molecule has 0 radical (unpaired) electrons. The topological polar surface area (TPSA) is 193 Å². The maximum atomic E-state index is 13.4. The SMILES string of the molecule is CC(=O)O[C@H]1[C@H](Oc2ccc(COC(=O)Oc3ccc([N+](=O)[O-])cc3)cc2C(=O)OCC[Si](C)(C)C)O[C@H](C(C)=O)[C@@H](C)[C@@H]1OC(C)=O. The van der Waals surface area contributed by atoms with Crippen LogP contribution >= 0.6 is 0 Å². The van der Waals surface area contributed by atoms with Crippen molar-refractivity contribution in [2.24, 2.45) is 5.92 Å². The molecule has 0 N–H and O–H groups in total. The molecule has 1 heterocycles. The molecule has 1 saturated heterocycles. The number of non-ortho nitro benzene ring substituents is 1. The van der Waals surface area contributed by atoms with Gasteiger partial charge in [-0.2, -0.15) is 0 Å². The van der Waals surface area contributed by atoms with Crippen molar-refractivity contribution in [1.29, 1.82) is 0 Å². The molecule has 16 heteroatoms. The summed E-state index contributed by atoms with van der Waals surface area (Å²) in [5, 5.41) is 10.8. The Balaban J connectivity index is 1.89. The monoisotopic (exact) mass is 689 g/mol. The molecule has 2 aromatic carbocycles. The molecule has 0 aromatic heterocycles. The highest BCUT2D eigenvalue weighted by atomic mass is 28.3. The van der Waals surface area contributed by atoms with Crippen molar-refractivity contribution in [3.63, 3.8) is 0 Å². The Kier molecular flexibility index (Phi) is 12.8. The van der Waals surface area contributed by atoms with Crippen LogP contribution in [0, 0.1) is 16.0 Å². The first-order valence-electron chi connectivity index (χ1n) is 15.0. The largest absolute Gasteiger partial charge is 0.514 e. The molecular weight excluding hydrogens is 650 g/mol. The van der Waals surface area contributed by atoms with Crippen LogP contribution in [0.2, 0.25) is 25.7 Å². The summed E-state index contributed by atoms with van der Waals surface area (Å²) >= 11 is 0. The Bertz CT molecular complexity index is 1520. The van der Waals surface area contributed by atoms with Gasteiger partial charge >= 0.3 is 24.1 Å². The van der Waals surface area contributed by atoms with Crippen molar-refractivity contribution in [3.05, 3.63) is 63.7 Å². The number of rotatable bonds is 13. The van der Waals surface area contributed by atoms with E-state index in [1.165, 1.54) is 44.2 Å². The molecular formula is C32H39NO14Si. The quantitative estimate of drug-likeness (QED) is 0.0681. The summed E-state index contributed by atoms with van der Waals surface area (Å²) in [6.45, 7) is 11.3.